The van der Waals surface area contributed by atoms with Crippen LogP contribution in [0.5, 0.6) is 5.75 Å². The maximum absolute atomic E-state index is 12.1. The largest absolute Gasteiger partial charge is 0.494 e. The van der Waals surface area contributed by atoms with Gasteiger partial charge in [0.1, 0.15) is 11.4 Å². The summed E-state index contributed by atoms with van der Waals surface area (Å²) in [5.74, 6) is -0.173. The van der Waals surface area contributed by atoms with Crippen LogP contribution in [0.1, 0.15) is 23.0 Å². The molecular formula is C21H20N4O3. The van der Waals surface area contributed by atoms with Gasteiger partial charge in [-0.25, -0.2) is 0 Å². The minimum atomic E-state index is -0.488. The van der Waals surface area contributed by atoms with Gasteiger partial charge in [0.05, 0.1) is 12.3 Å². The summed E-state index contributed by atoms with van der Waals surface area (Å²) in [4.78, 5) is 24.0. The number of aromatic nitrogens is 2. The quantitative estimate of drug-likeness (QED) is 0.455. The molecule has 0 radical (unpaired) electrons. The zero-order valence-electron chi connectivity index (χ0n) is 15.3. The van der Waals surface area contributed by atoms with Crippen LogP contribution in [0.4, 0.5) is 0 Å². The Kier molecular flexibility index (Phi) is 6.20. The minimum Gasteiger partial charge on any atom is -0.494 e. The fourth-order valence-electron chi connectivity index (χ4n) is 2.44. The Hall–Kier alpha value is -3.87. The van der Waals surface area contributed by atoms with E-state index in [9.17, 15) is 9.59 Å². The Morgan fingerprint density at radius 1 is 1.07 bits per heavy atom. The van der Waals surface area contributed by atoms with Crippen LogP contribution in [0.15, 0.2) is 66.7 Å². The van der Waals surface area contributed by atoms with Crippen LogP contribution in [-0.2, 0) is 4.79 Å². The molecule has 0 bridgehead atoms. The van der Waals surface area contributed by atoms with Gasteiger partial charge in [0.25, 0.3) is 11.8 Å². The van der Waals surface area contributed by atoms with Gasteiger partial charge in [-0.1, -0.05) is 42.5 Å². The van der Waals surface area contributed by atoms with Gasteiger partial charge in [-0.3, -0.25) is 25.5 Å². The third-order valence-electron chi connectivity index (χ3n) is 3.81. The van der Waals surface area contributed by atoms with E-state index < -0.39 is 11.8 Å². The molecule has 3 rings (SSSR count). The van der Waals surface area contributed by atoms with Crippen LogP contribution >= 0.6 is 0 Å². The fraction of sp³-hybridized carbons (Fsp3) is 0.0952. The number of hydrogen-bond acceptors (Lipinski definition) is 4. The molecule has 0 saturated heterocycles. The number of aromatic amines is 1. The Labute approximate surface area is 162 Å². The Bertz CT molecular complexity index is 963. The van der Waals surface area contributed by atoms with Gasteiger partial charge >= 0.3 is 0 Å². The molecule has 2 aromatic carbocycles. The van der Waals surface area contributed by atoms with E-state index in [-0.39, 0.29) is 5.69 Å². The van der Waals surface area contributed by atoms with Crippen LogP contribution in [0.3, 0.4) is 0 Å². The molecule has 1 heterocycles. The average molecular weight is 376 g/mol. The fourth-order valence-corrected chi connectivity index (χ4v) is 2.44. The lowest BCUT2D eigenvalue weighted by molar-refractivity contribution is -0.117. The standard InChI is InChI=1S/C21H20N4O3/c1-2-28-17-11-8-15(9-12-17)10-13-20(26)24-25-21(27)19-14-18(22-23-19)16-6-4-3-5-7-16/h3-14H,2H2,1H3,(H,22,23)(H,24,26)(H,25,27)/b13-10+. The number of rotatable bonds is 6. The maximum Gasteiger partial charge on any atom is 0.287 e. The molecule has 0 aliphatic carbocycles. The number of amides is 2. The second-order valence-electron chi connectivity index (χ2n) is 5.81. The molecule has 7 nitrogen and oxygen atoms in total. The normalized spacial score (nSPS) is 10.6. The third-order valence-corrected chi connectivity index (χ3v) is 3.81. The van der Waals surface area contributed by atoms with E-state index in [0.29, 0.717) is 12.3 Å². The Morgan fingerprint density at radius 3 is 2.54 bits per heavy atom. The van der Waals surface area contributed by atoms with Gasteiger partial charge < -0.3 is 4.74 Å². The molecule has 3 N–H and O–H groups in total. The van der Waals surface area contributed by atoms with Gasteiger partial charge in [0, 0.05) is 11.6 Å². The van der Waals surface area contributed by atoms with Gasteiger partial charge in [-0.2, -0.15) is 5.10 Å². The molecular weight excluding hydrogens is 356 g/mol. The van der Waals surface area contributed by atoms with Crippen molar-refractivity contribution in [3.05, 3.63) is 78.0 Å². The topological polar surface area (TPSA) is 96.1 Å². The van der Waals surface area contributed by atoms with Crippen LogP contribution in [-0.4, -0.2) is 28.6 Å². The van der Waals surface area contributed by atoms with Gasteiger partial charge in [0.15, 0.2) is 0 Å². The van der Waals surface area contributed by atoms with Crippen LogP contribution in [0.25, 0.3) is 17.3 Å². The molecule has 142 valence electrons. The summed E-state index contributed by atoms with van der Waals surface area (Å²) < 4.78 is 5.36. The predicted molar refractivity (Wildman–Crippen MR) is 106 cm³/mol. The van der Waals surface area contributed by atoms with Crippen molar-refractivity contribution < 1.29 is 14.3 Å². The number of nitrogens with one attached hydrogen (secondary N) is 3. The summed E-state index contributed by atoms with van der Waals surface area (Å²) >= 11 is 0. The summed E-state index contributed by atoms with van der Waals surface area (Å²) in [7, 11) is 0. The number of hydrazine groups is 1. The lowest BCUT2D eigenvalue weighted by Crippen LogP contribution is -2.40. The average Bonchev–Trinajstić information content (AvgIpc) is 3.23. The van der Waals surface area contributed by atoms with E-state index in [4.69, 9.17) is 4.74 Å². The maximum atomic E-state index is 12.1. The number of nitrogens with zero attached hydrogens (tertiary/aromatic N) is 1. The first kappa shape index (κ1) is 18.9. The first-order valence-electron chi connectivity index (χ1n) is 8.78. The zero-order valence-corrected chi connectivity index (χ0v) is 15.3. The Balaban J connectivity index is 1.51. The van der Waals surface area contributed by atoms with Crippen molar-refractivity contribution >= 4 is 17.9 Å². The summed E-state index contributed by atoms with van der Waals surface area (Å²) in [5, 5.41) is 6.77. The van der Waals surface area contributed by atoms with Gasteiger partial charge in [0.2, 0.25) is 0 Å². The van der Waals surface area contributed by atoms with Crippen molar-refractivity contribution in [2.75, 3.05) is 6.61 Å². The Morgan fingerprint density at radius 2 is 1.82 bits per heavy atom. The van der Waals surface area contributed by atoms with E-state index in [1.54, 1.807) is 12.1 Å². The first-order chi connectivity index (χ1) is 13.7. The molecule has 0 spiro atoms. The molecule has 7 heteroatoms. The van der Waals surface area contributed by atoms with E-state index in [0.717, 1.165) is 16.9 Å². The lowest BCUT2D eigenvalue weighted by atomic mass is 10.1. The van der Waals surface area contributed by atoms with Crippen molar-refractivity contribution in [3.63, 3.8) is 0 Å². The molecule has 2 amide bonds. The molecule has 0 fully saturated rings. The molecule has 0 aliphatic heterocycles. The van der Waals surface area contributed by atoms with E-state index in [1.807, 2.05) is 61.5 Å². The minimum absolute atomic E-state index is 0.245. The summed E-state index contributed by atoms with van der Waals surface area (Å²) in [6, 6.07) is 18.4. The number of carbonyl (C=O) groups is 2. The van der Waals surface area contributed by atoms with Crippen LogP contribution in [0, 0.1) is 0 Å². The molecule has 28 heavy (non-hydrogen) atoms. The molecule has 0 aliphatic rings. The monoisotopic (exact) mass is 376 g/mol. The highest BCUT2D eigenvalue weighted by Crippen LogP contribution is 2.16. The number of benzene rings is 2. The SMILES string of the molecule is CCOc1ccc(/C=C/C(=O)NNC(=O)c2cc(-c3ccccc3)n[nH]2)cc1. The molecule has 0 saturated carbocycles. The van der Waals surface area contributed by atoms with Crippen LogP contribution in [0.2, 0.25) is 0 Å². The van der Waals surface area contributed by atoms with E-state index in [2.05, 4.69) is 21.0 Å². The van der Waals surface area contributed by atoms with Gasteiger partial charge in [-0.05, 0) is 36.8 Å². The number of ether oxygens (including phenoxy) is 1. The van der Waals surface area contributed by atoms with E-state index >= 15 is 0 Å². The molecule has 3 aromatic rings. The highest BCUT2D eigenvalue weighted by atomic mass is 16.5. The summed E-state index contributed by atoms with van der Waals surface area (Å²) in [5.41, 5.74) is 7.30. The van der Waals surface area contributed by atoms with Crippen molar-refractivity contribution in [2.45, 2.75) is 6.92 Å². The zero-order chi connectivity index (χ0) is 19.8. The van der Waals surface area contributed by atoms with Crippen molar-refractivity contribution in [2.24, 2.45) is 0 Å². The molecule has 0 atom stereocenters. The van der Waals surface area contributed by atoms with Crippen LogP contribution < -0.4 is 15.6 Å². The highest BCUT2D eigenvalue weighted by Gasteiger charge is 2.11. The summed E-state index contributed by atoms with van der Waals surface area (Å²) in [6.45, 7) is 2.51. The number of carbonyl (C=O) groups excluding carboxylic acids is 2. The van der Waals surface area contributed by atoms with E-state index in [1.165, 1.54) is 6.08 Å². The molecule has 0 unspecified atom stereocenters. The third kappa shape index (κ3) is 5.07. The first-order valence-corrected chi connectivity index (χ1v) is 8.78. The summed E-state index contributed by atoms with van der Waals surface area (Å²) in [6.07, 6.45) is 2.97. The van der Waals surface area contributed by atoms with Crippen molar-refractivity contribution in [1.82, 2.24) is 21.0 Å². The second-order valence-corrected chi connectivity index (χ2v) is 5.81. The molecule has 1 aromatic heterocycles. The number of hydrogen-bond donors (Lipinski definition) is 3. The smallest absolute Gasteiger partial charge is 0.287 e. The second kappa shape index (κ2) is 9.18. The predicted octanol–water partition coefficient (Wildman–Crippen LogP) is 2.95. The number of H-pyrrole nitrogens is 1. The van der Waals surface area contributed by atoms with Crippen molar-refractivity contribution in [3.8, 4) is 17.0 Å². The lowest BCUT2D eigenvalue weighted by Gasteiger charge is -2.03. The van der Waals surface area contributed by atoms with Crippen molar-refractivity contribution in [1.29, 1.82) is 0 Å². The highest BCUT2D eigenvalue weighted by molar-refractivity contribution is 5.97. The van der Waals surface area contributed by atoms with Gasteiger partial charge in [-0.15, -0.1) is 0 Å².